The fraction of sp³-hybridized carbons (Fsp3) is 0.538. The van der Waals surface area contributed by atoms with Crippen LogP contribution in [0.3, 0.4) is 0 Å². The summed E-state index contributed by atoms with van der Waals surface area (Å²) in [5.41, 5.74) is 2.59. The van der Waals surface area contributed by atoms with Crippen LogP contribution < -0.4 is 5.32 Å². The molecule has 7 heteroatoms. The highest BCUT2D eigenvalue weighted by molar-refractivity contribution is 5.39. The van der Waals surface area contributed by atoms with E-state index in [1.54, 1.807) is 19.3 Å². The van der Waals surface area contributed by atoms with E-state index in [0.717, 1.165) is 29.9 Å². The monoisotopic (exact) mass is 283 g/mol. The molecule has 0 aromatic carbocycles. The standard InChI is InChI=1S/C13H19F2N5/c1-3-4-19-8-12(7-17-19)16-5-11-6-18-20(10(11)2)9-13(14)15/h6-8,13,16H,3-5,9H2,1-2H3. The van der Waals surface area contributed by atoms with Crippen molar-refractivity contribution in [2.45, 2.75) is 46.3 Å². The van der Waals surface area contributed by atoms with E-state index in [-0.39, 0.29) is 6.54 Å². The van der Waals surface area contributed by atoms with Gasteiger partial charge in [-0.25, -0.2) is 8.78 Å². The van der Waals surface area contributed by atoms with Crippen LogP contribution in [0.2, 0.25) is 0 Å². The van der Waals surface area contributed by atoms with Crippen molar-refractivity contribution in [3.8, 4) is 0 Å². The molecular formula is C13H19F2N5. The lowest BCUT2D eigenvalue weighted by Crippen LogP contribution is -2.10. The molecule has 0 atom stereocenters. The highest BCUT2D eigenvalue weighted by Crippen LogP contribution is 2.12. The molecule has 2 aromatic heterocycles. The molecule has 0 saturated heterocycles. The van der Waals surface area contributed by atoms with Gasteiger partial charge >= 0.3 is 0 Å². The van der Waals surface area contributed by atoms with E-state index in [9.17, 15) is 8.78 Å². The maximum atomic E-state index is 12.3. The van der Waals surface area contributed by atoms with Crippen LogP contribution in [-0.4, -0.2) is 26.0 Å². The first-order valence-corrected chi connectivity index (χ1v) is 6.66. The van der Waals surface area contributed by atoms with Gasteiger partial charge in [0.25, 0.3) is 6.43 Å². The molecule has 20 heavy (non-hydrogen) atoms. The third-order valence-corrected chi connectivity index (χ3v) is 3.08. The van der Waals surface area contributed by atoms with Gasteiger partial charge in [0.2, 0.25) is 0 Å². The molecule has 0 aliphatic heterocycles. The van der Waals surface area contributed by atoms with Crippen LogP contribution in [0.15, 0.2) is 18.6 Å². The predicted octanol–water partition coefficient (Wildman–Crippen LogP) is 2.68. The van der Waals surface area contributed by atoms with Gasteiger partial charge in [-0.3, -0.25) is 9.36 Å². The zero-order valence-corrected chi connectivity index (χ0v) is 11.7. The summed E-state index contributed by atoms with van der Waals surface area (Å²) in [4.78, 5) is 0. The van der Waals surface area contributed by atoms with Gasteiger partial charge in [0.15, 0.2) is 0 Å². The van der Waals surface area contributed by atoms with Crippen molar-refractivity contribution in [1.29, 1.82) is 0 Å². The van der Waals surface area contributed by atoms with E-state index < -0.39 is 6.43 Å². The molecule has 2 rings (SSSR count). The normalized spacial score (nSPS) is 11.2. The van der Waals surface area contributed by atoms with Crippen molar-refractivity contribution < 1.29 is 8.78 Å². The summed E-state index contributed by atoms with van der Waals surface area (Å²) in [5.74, 6) is 0. The summed E-state index contributed by atoms with van der Waals surface area (Å²) in [6, 6.07) is 0. The SMILES string of the molecule is CCCn1cc(NCc2cnn(CC(F)F)c2C)cn1. The van der Waals surface area contributed by atoms with Crippen LogP contribution >= 0.6 is 0 Å². The fourth-order valence-electron chi connectivity index (χ4n) is 1.98. The molecule has 1 N–H and O–H groups in total. The Morgan fingerprint density at radius 1 is 1.30 bits per heavy atom. The first-order chi connectivity index (χ1) is 9.60. The van der Waals surface area contributed by atoms with Gasteiger partial charge in [-0.2, -0.15) is 10.2 Å². The number of alkyl halides is 2. The Kier molecular flexibility index (Phi) is 4.70. The maximum absolute atomic E-state index is 12.3. The minimum Gasteiger partial charge on any atom is -0.378 e. The zero-order valence-electron chi connectivity index (χ0n) is 11.7. The third-order valence-electron chi connectivity index (χ3n) is 3.08. The Hall–Kier alpha value is -1.92. The molecule has 0 bridgehead atoms. The molecule has 0 unspecified atom stereocenters. The van der Waals surface area contributed by atoms with E-state index in [2.05, 4.69) is 22.4 Å². The summed E-state index contributed by atoms with van der Waals surface area (Å²) in [7, 11) is 0. The second-order valence-corrected chi connectivity index (χ2v) is 4.67. The minimum atomic E-state index is -2.39. The zero-order chi connectivity index (χ0) is 14.5. The highest BCUT2D eigenvalue weighted by Gasteiger charge is 2.10. The number of anilines is 1. The molecule has 0 amide bonds. The number of nitrogens with zero attached hydrogens (tertiary/aromatic N) is 4. The van der Waals surface area contributed by atoms with Crippen molar-refractivity contribution in [3.05, 3.63) is 29.8 Å². The van der Waals surface area contributed by atoms with Crippen molar-refractivity contribution >= 4 is 5.69 Å². The topological polar surface area (TPSA) is 47.7 Å². The number of aryl methyl sites for hydroxylation is 1. The molecule has 5 nitrogen and oxygen atoms in total. The fourth-order valence-corrected chi connectivity index (χ4v) is 1.98. The van der Waals surface area contributed by atoms with Crippen molar-refractivity contribution in [2.24, 2.45) is 0 Å². The van der Waals surface area contributed by atoms with Crippen LogP contribution in [0.1, 0.15) is 24.6 Å². The number of halogens is 2. The first kappa shape index (κ1) is 14.5. The van der Waals surface area contributed by atoms with Gasteiger partial charge in [-0.15, -0.1) is 0 Å². The van der Waals surface area contributed by atoms with E-state index in [1.165, 1.54) is 4.68 Å². The van der Waals surface area contributed by atoms with E-state index in [1.807, 2.05) is 10.9 Å². The van der Waals surface area contributed by atoms with E-state index in [0.29, 0.717) is 6.54 Å². The summed E-state index contributed by atoms with van der Waals surface area (Å²) in [6.45, 7) is 4.96. The quantitative estimate of drug-likeness (QED) is 0.850. The predicted molar refractivity (Wildman–Crippen MR) is 72.8 cm³/mol. The van der Waals surface area contributed by atoms with Crippen LogP contribution in [0.4, 0.5) is 14.5 Å². The number of hydrogen-bond acceptors (Lipinski definition) is 3. The number of aromatic nitrogens is 4. The van der Waals surface area contributed by atoms with Crippen molar-refractivity contribution in [3.63, 3.8) is 0 Å². The van der Waals surface area contributed by atoms with Gasteiger partial charge in [0.05, 0.1) is 18.1 Å². The molecule has 110 valence electrons. The summed E-state index contributed by atoms with van der Waals surface area (Å²) in [5, 5.41) is 11.4. The lowest BCUT2D eigenvalue weighted by molar-refractivity contribution is 0.121. The minimum absolute atomic E-state index is 0.361. The van der Waals surface area contributed by atoms with Gasteiger partial charge in [0.1, 0.15) is 6.54 Å². The Balaban J connectivity index is 1.94. The highest BCUT2D eigenvalue weighted by atomic mass is 19.3. The molecular weight excluding hydrogens is 264 g/mol. The molecule has 0 spiro atoms. The second-order valence-electron chi connectivity index (χ2n) is 4.67. The first-order valence-electron chi connectivity index (χ1n) is 6.66. The molecule has 0 fully saturated rings. The van der Waals surface area contributed by atoms with Crippen LogP contribution in [0, 0.1) is 6.92 Å². The van der Waals surface area contributed by atoms with Gasteiger partial charge in [-0.1, -0.05) is 6.92 Å². The smallest absolute Gasteiger partial charge is 0.257 e. The number of nitrogens with one attached hydrogen (secondary N) is 1. The third kappa shape index (κ3) is 3.55. The molecule has 0 saturated carbocycles. The molecule has 0 radical (unpaired) electrons. The molecule has 2 heterocycles. The van der Waals surface area contributed by atoms with Gasteiger partial charge in [0, 0.05) is 30.5 Å². The van der Waals surface area contributed by atoms with E-state index >= 15 is 0 Å². The van der Waals surface area contributed by atoms with Crippen LogP contribution in [-0.2, 0) is 19.6 Å². The van der Waals surface area contributed by atoms with Crippen molar-refractivity contribution in [1.82, 2.24) is 19.6 Å². The van der Waals surface area contributed by atoms with Gasteiger partial charge in [-0.05, 0) is 13.3 Å². The maximum Gasteiger partial charge on any atom is 0.257 e. The number of rotatable bonds is 7. The summed E-state index contributed by atoms with van der Waals surface area (Å²) in [6.07, 6.45) is 3.96. The Bertz CT molecular complexity index is 547. The number of hydrogen-bond donors (Lipinski definition) is 1. The lowest BCUT2D eigenvalue weighted by Gasteiger charge is -2.05. The summed E-state index contributed by atoms with van der Waals surface area (Å²) >= 11 is 0. The average Bonchev–Trinajstić information content (AvgIpc) is 2.96. The van der Waals surface area contributed by atoms with E-state index in [4.69, 9.17) is 0 Å². The molecule has 0 aliphatic carbocycles. The van der Waals surface area contributed by atoms with Crippen molar-refractivity contribution in [2.75, 3.05) is 5.32 Å². The Labute approximate surface area is 116 Å². The van der Waals surface area contributed by atoms with Gasteiger partial charge < -0.3 is 5.32 Å². The van der Waals surface area contributed by atoms with Crippen LogP contribution in [0.5, 0.6) is 0 Å². The second kappa shape index (κ2) is 6.49. The molecule has 2 aromatic rings. The van der Waals surface area contributed by atoms with Crippen LogP contribution in [0.25, 0.3) is 0 Å². The average molecular weight is 283 g/mol. The lowest BCUT2D eigenvalue weighted by atomic mass is 10.2. The Morgan fingerprint density at radius 2 is 2.10 bits per heavy atom. The summed E-state index contributed by atoms with van der Waals surface area (Å²) < 4.78 is 27.9. The largest absolute Gasteiger partial charge is 0.378 e. The Morgan fingerprint density at radius 3 is 2.80 bits per heavy atom. The molecule has 0 aliphatic rings.